The summed E-state index contributed by atoms with van der Waals surface area (Å²) in [5.74, 6) is 1.95. The maximum absolute atomic E-state index is 5.72. The van der Waals surface area contributed by atoms with Gasteiger partial charge in [-0.05, 0) is 37.3 Å². The molecule has 2 aliphatic rings. The number of aromatic nitrogens is 1. The average molecular weight is 215 g/mol. The molecule has 1 aromatic rings. The molecule has 0 spiro atoms. The Morgan fingerprint density at radius 1 is 1.50 bits per heavy atom. The number of hydrogen-bond acceptors (Lipinski definition) is 3. The SMILES string of the molecule is C=C(N)c1ccnc(N2CC3CCC2C3)c1. The molecule has 1 aliphatic heterocycles. The lowest BCUT2D eigenvalue weighted by Gasteiger charge is -2.28. The molecule has 2 heterocycles. The third kappa shape index (κ3) is 1.47. The first-order valence-corrected chi connectivity index (χ1v) is 5.91. The Labute approximate surface area is 96.0 Å². The molecule has 1 aromatic heterocycles. The Kier molecular flexibility index (Phi) is 2.13. The summed E-state index contributed by atoms with van der Waals surface area (Å²) in [7, 11) is 0. The summed E-state index contributed by atoms with van der Waals surface area (Å²) in [6.07, 6.45) is 5.88. The van der Waals surface area contributed by atoms with Crippen LogP contribution in [0, 0.1) is 5.92 Å². The molecule has 3 rings (SSSR count). The molecule has 2 unspecified atom stereocenters. The van der Waals surface area contributed by atoms with Gasteiger partial charge in [-0.3, -0.25) is 0 Å². The maximum atomic E-state index is 5.72. The van der Waals surface area contributed by atoms with Crippen LogP contribution in [-0.4, -0.2) is 17.6 Å². The Morgan fingerprint density at radius 3 is 3.00 bits per heavy atom. The summed E-state index contributed by atoms with van der Waals surface area (Å²) >= 11 is 0. The van der Waals surface area contributed by atoms with Crippen LogP contribution in [0.1, 0.15) is 24.8 Å². The standard InChI is InChI=1S/C13H17N3/c1-9(14)11-4-5-15-13(7-11)16-8-10-2-3-12(16)6-10/h4-5,7,10,12H,1-3,6,8,14H2. The van der Waals surface area contributed by atoms with E-state index in [4.69, 9.17) is 5.73 Å². The van der Waals surface area contributed by atoms with Gasteiger partial charge in [-0.1, -0.05) is 6.58 Å². The molecule has 16 heavy (non-hydrogen) atoms. The minimum Gasteiger partial charge on any atom is -0.399 e. The fourth-order valence-corrected chi connectivity index (χ4v) is 2.98. The highest BCUT2D eigenvalue weighted by Gasteiger charge is 2.38. The topological polar surface area (TPSA) is 42.1 Å². The number of nitrogens with zero attached hydrogens (tertiary/aromatic N) is 2. The monoisotopic (exact) mass is 215 g/mol. The first-order valence-electron chi connectivity index (χ1n) is 5.91. The molecule has 1 saturated carbocycles. The minimum atomic E-state index is 0.619. The lowest BCUT2D eigenvalue weighted by molar-refractivity contribution is 0.550. The largest absolute Gasteiger partial charge is 0.399 e. The van der Waals surface area contributed by atoms with Crippen LogP contribution in [0.25, 0.3) is 5.70 Å². The van der Waals surface area contributed by atoms with Gasteiger partial charge in [-0.15, -0.1) is 0 Å². The predicted octanol–water partition coefficient (Wildman–Crippen LogP) is 2.00. The highest BCUT2D eigenvalue weighted by atomic mass is 15.2. The first-order chi connectivity index (χ1) is 7.74. The minimum absolute atomic E-state index is 0.619. The summed E-state index contributed by atoms with van der Waals surface area (Å²) in [6, 6.07) is 4.68. The highest BCUT2D eigenvalue weighted by molar-refractivity contribution is 5.63. The Bertz CT molecular complexity index is 427. The number of pyridine rings is 1. The molecular formula is C13H17N3. The summed E-state index contributed by atoms with van der Waals surface area (Å²) in [5.41, 5.74) is 7.33. The highest BCUT2D eigenvalue weighted by Crippen LogP contribution is 2.39. The van der Waals surface area contributed by atoms with Crippen molar-refractivity contribution in [2.24, 2.45) is 11.7 Å². The van der Waals surface area contributed by atoms with E-state index in [1.807, 2.05) is 12.3 Å². The number of hydrogen-bond donors (Lipinski definition) is 1. The van der Waals surface area contributed by atoms with Crippen molar-refractivity contribution in [1.82, 2.24) is 4.98 Å². The summed E-state index contributed by atoms with van der Waals surface area (Å²) < 4.78 is 0. The van der Waals surface area contributed by atoms with Crippen molar-refractivity contribution in [2.75, 3.05) is 11.4 Å². The van der Waals surface area contributed by atoms with E-state index in [-0.39, 0.29) is 0 Å². The molecule has 2 fully saturated rings. The van der Waals surface area contributed by atoms with Gasteiger partial charge < -0.3 is 10.6 Å². The van der Waals surface area contributed by atoms with Gasteiger partial charge in [0.05, 0.1) is 0 Å². The summed E-state index contributed by atoms with van der Waals surface area (Å²) in [6.45, 7) is 4.94. The Balaban J connectivity index is 1.89. The van der Waals surface area contributed by atoms with Crippen LogP contribution in [-0.2, 0) is 0 Å². The van der Waals surface area contributed by atoms with Crippen LogP contribution in [0.4, 0.5) is 5.82 Å². The maximum Gasteiger partial charge on any atom is 0.129 e. The second-order valence-corrected chi connectivity index (χ2v) is 4.91. The molecule has 1 saturated heterocycles. The number of piperidine rings is 1. The molecule has 0 amide bonds. The third-order valence-electron chi connectivity index (χ3n) is 3.82. The van der Waals surface area contributed by atoms with E-state index in [9.17, 15) is 0 Å². The second kappa shape index (κ2) is 3.51. The molecule has 2 atom stereocenters. The van der Waals surface area contributed by atoms with E-state index in [1.165, 1.54) is 19.3 Å². The van der Waals surface area contributed by atoms with Crippen molar-refractivity contribution in [1.29, 1.82) is 0 Å². The zero-order chi connectivity index (χ0) is 11.1. The van der Waals surface area contributed by atoms with Crippen molar-refractivity contribution in [2.45, 2.75) is 25.3 Å². The molecule has 3 heteroatoms. The van der Waals surface area contributed by atoms with E-state index in [1.54, 1.807) is 0 Å². The van der Waals surface area contributed by atoms with Crippen molar-refractivity contribution in [3.8, 4) is 0 Å². The Morgan fingerprint density at radius 2 is 2.38 bits per heavy atom. The fourth-order valence-electron chi connectivity index (χ4n) is 2.98. The molecule has 0 aromatic carbocycles. The van der Waals surface area contributed by atoms with Crippen LogP contribution in [0.5, 0.6) is 0 Å². The van der Waals surface area contributed by atoms with E-state index in [2.05, 4.69) is 22.5 Å². The molecular weight excluding hydrogens is 198 g/mol. The van der Waals surface area contributed by atoms with Crippen LogP contribution < -0.4 is 10.6 Å². The van der Waals surface area contributed by atoms with Gasteiger partial charge in [0.15, 0.2) is 0 Å². The summed E-state index contributed by atoms with van der Waals surface area (Å²) in [5, 5.41) is 0. The molecule has 0 radical (unpaired) electrons. The first kappa shape index (κ1) is 9.70. The van der Waals surface area contributed by atoms with Gasteiger partial charge in [0, 0.05) is 30.0 Å². The molecule has 1 aliphatic carbocycles. The third-order valence-corrected chi connectivity index (χ3v) is 3.82. The van der Waals surface area contributed by atoms with E-state index >= 15 is 0 Å². The van der Waals surface area contributed by atoms with Crippen molar-refractivity contribution >= 4 is 11.5 Å². The number of fused-ring (bicyclic) bond motifs is 2. The van der Waals surface area contributed by atoms with E-state index in [0.717, 1.165) is 23.8 Å². The molecule has 2 N–H and O–H groups in total. The quantitative estimate of drug-likeness (QED) is 0.820. The van der Waals surface area contributed by atoms with Crippen molar-refractivity contribution in [3.05, 3.63) is 30.5 Å². The number of nitrogens with two attached hydrogens (primary N) is 1. The molecule has 84 valence electrons. The normalized spacial score (nSPS) is 27.4. The zero-order valence-corrected chi connectivity index (χ0v) is 9.39. The fraction of sp³-hybridized carbons (Fsp3) is 0.462. The van der Waals surface area contributed by atoms with Crippen LogP contribution in [0.3, 0.4) is 0 Å². The van der Waals surface area contributed by atoms with Crippen LogP contribution in [0.2, 0.25) is 0 Å². The predicted molar refractivity (Wildman–Crippen MR) is 65.9 cm³/mol. The van der Waals surface area contributed by atoms with Gasteiger partial charge >= 0.3 is 0 Å². The molecule has 2 bridgehead atoms. The summed E-state index contributed by atoms with van der Waals surface area (Å²) in [4.78, 5) is 6.88. The second-order valence-electron chi connectivity index (χ2n) is 4.91. The lowest BCUT2D eigenvalue weighted by atomic mass is 10.1. The van der Waals surface area contributed by atoms with Gasteiger partial charge in [0.2, 0.25) is 0 Å². The molecule has 3 nitrogen and oxygen atoms in total. The van der Waals surface area contributed by atoms with Gasteiger partial charge in [0.25, 0.3) is 0 Å². The van der Waals surface area contributed by atoms with E-state index in [0.29, 0.717) is 11.7 Å². The van der Waals surface area contributed by atoms with Gasteiger partial charge in [0.1, 0.15) is 5.82 Å². The van der Waals surface area contributed by atoms with Crippen LogP contribution in [0.15, 0.2) is 24.9 Å². The Hall–Kier alpha value is -1.51. The van der Waals surface area contributed by atoms with E-state index < -0.39 is 0 Å². The zero-order valence-electron chi connectivity index (χ0n) is 9.39. The van der Waals surface area contributed by atoms with Gasteiger partial charge in [-0.2, -0.15) is 0 Å². The van der Waals surface area contributed by atoms with Crippen LogP contribution >= 0.6 is 0 Å². The average Bonchev–Trinajstić information content (AvgIpc) is 2.91. The number of anilines is 1. The van der Waals surface area contributed by atoms with Gasteiger partial charge in [-0.25, -0.2) is 4.98 Å². The number of rotatable bonds is 2. The lowest BCUT2D eigenvalue weighted by Crippen LogP contribution is -2.32. The smallest absolute Gasteiger partial charge is 0.129 e. The van der Waals surface area contributed by atoms with Crippen molar-refractivity contribution in [3.63, 3.8) is 0 Å². The van der Waals surface area contributed by atoms with Crippen molar-refractivity contribution < 1.29 is 0 Å².